The van der Waals surface area contributed by atoms with Crippen LogP contribution in [0, 0.1) is 46.5 Å². The maximum atomic E-state index is 2.52. The molecule has 7 aromatic heterocycles. The Balaban J connectivity index is 0.000000177. The quantitative estimate of drug-likeness (QED) is 0.0725. The Morgan fingerprint density at radius 3 is 1.02 bits per heavy atom. The minimum absolute atomic E-state index is 0. The summed E-state index contributed by atoms with van der Waals surface area (Å²) in [6.07, 6.45) is 8.94. The fourth-order valence-corrected chi connectivity index (χ4v) is 20.2. The van der Waals surface area contributed by atoms with Gasteiger partial charge in [-0.3, -0.25) is 0 Å². The minimum Gasteiger partial charge on any atom is -0.232 e. The van der Waals surface area contributed by atoms with Crippen molar-refractivity contribution < 1.29 is 22.8 Å². The number of pyridine rings is 3. The number of hydrogen-bond donors (Lipinski definition) is 0. The molecular weight excluding hydrogens is 1650 g/mol. The van der Waals surface area contributed by atoms with Crippen LogP contribution in [-0.2, 0) is 48.1 Å². The molecule has 7 heterocycles. The van der Waals surface area contributed by atoms with Crippen molar-refractivity contribution in [1.29, 1.82) is 0 Å². The largest absolute Gasteiger partial charge is 0.295 e. The highest BCUT2D eigenvalue weighted by Crippen LogP contribution is 2.44. The van der Waals surface area contributed by atoms with Gasteiger partial charge in [-0.2, -0.15) is 17.9 Å². The van der Waals surface area contributed by atoms with E-state index >= 15 is 0 Å². The molecule has 702 valence electrons. The van der Waals surface area contributed by atoms with Gasteiger partial charge in [0, 0.05) is 61.5 Å². The van der Waals surface area contributed by atoms with E-state index in [-0.39, 0.29) is 44.6 Å². The second kappa shape index (κ2) is 44.7. The van der Waals surface area contributed by atoms with Crippen LogP contribution in [0.25, 0.3) is 145 Å². The van der Waals surface area contributed by atoms with Crippen molar-refractivity contribution >= 4 is 76.7 Å². The molecule has 136 heavy (non-hydrogen) atoms. The SMILES string of the molecule is C.C.C.C.C.C.Cc1cccc2c3ccccc3n3c(-c4c(C(C)C)cccc4C(C)C)c[n+](C)c3c12.Cc1cccc2c3ccccc3n3c(-c4c(CC(C)C)cccc4CC(C)C)c[n+](C)c3c12.Cc1ccccc1-c1cccc[n+]1C.Cc1ccccc1-c1n(-c2c(C(C)C)cccc2C(C)C)c2ccccc2[n+]1C.Cc1ccccc1-c1n(-c2ccccc2)c2ccccc2[n+]1C. The lowest BCUT2D eigenvalue weighted by molar-refractivity contribution is -0.660. The summed E-state index contributed by atoms with van der Waals surface area (Å²) >= 11 is 0. The lowest BCUT2D eigenvalue weighted by Crippen LogP contribution is -2.30. The predicted molar refractivity (Wildman–Crippen MR) is 588 cm³/mol. The molecule has 0 atom stereocenters. The molecule has 0 N–H and O–H groups in total. The summed E-state index contributed by atoms with van der Waals surface area (Å²) in [5.74, 6) is 5.46. The lowest BCUT2D eigenvalue weighted by atomic mass is 9.87. The van der Waals surface area contributed by atoms with Crippen LogP contribution < -0.4 is 22.8 Å². The third kappa shape index (κ3) is 20.1. The molecule has 13 aromatic carbocycles. The molecule has 0 aliphatic carbocycles. The summed E-state index contributed by atoms with van der Waals surface area (Å²) in [7, 11) is 10.8. The average molecular weight is 1810 g/mol. The normalized spacial score (nSPS) is 11.1. The van der Waals surface area contributed by atoms with Gasteiger partial charge in [0.2, 0.25) is 5.69 Å². The van der Waals surface area contributed by atoms with Gasteiger partial charge in [0.05, 0.1) is 50.1 Å². The second-order valence-electron chi connectivity index (χ2n) is 37.9. The first kappa shape index (κ1) is 104. The molecular formula is C127H154N9+5. The fourth-order valence-electron chi connectivity index (χ4n) is 20.2. The van der Waals surface area contributed by atoms with Crippen molar-refractivity contribution in [2.45, 2.75) is 199 Å². The zero-order chi connectivity index (χ0) is 91.6. The number of imidazole rings is 4. The third-order valence-corrected chi connectivity index (χ3v) is 26.3. The molecule has 9 nitrogen and oxygen atoms in total. The standard InChI is InChI=1S/C31H35N2.C29H31N2.C27H31N2.C21H19N2.C13H14N.6CH4/c1-20(2)17-23-12-10-13-24(18-21(3)4)30(23)28-19-32(6)31-29-22(5)11-9-15-26(29)25-14-7-8-16-27(25)33(28)31;1-18(2)21-13-10-14-22(19(3)4)28(21)26-17-30(6)29-27-20(5)11-9-15-24(27)23-12-7-8-16-25(23)31(26)29;1-18(2)21-14-11-15-22(19(3)4)26(21)29-25-17-10-9-16-24(25)28(6)27(29)23-13-8-7-12-20(23)5;1-16-10-6-7-13-18(16)21-22(2)19-14-8-9-15-20(19)23(21)17-11-4-3-5-12-17;1-11-7-3-4-8-12(11)13-9-5-6-10-14(13)2;;;;;;/h7-16,19-21H,17-18H2,1-6H3;7-19H,1-6H3;7-19H,1-6H3;3-15H,1-2H3;3-10H,1-2H3;6*1H4/q5*+1;;;;;;. The molecule has 9 heteroatoms. The van der Waals surface area contributed by atoms with Crippen LogP contribution in [0.1, 0.15) is 213 Å². The fraction of sp³-hybridized carbons (Fsp3) is 0.283. The van der Waals surface area contributed by atoms with E-state index in [9.17, 15) is 0 Å². The summed E-state index contributed by atoms with van der Waals surface area (Å²) in [5, 5.41) is 7.95. The molecule has 0 spiro atoms. The Labute approximate surface area is 815 Å². The number of aryl methyl sites for hydroxylation is 10. The number of fused-ring (bicyclic) bond motifs is 14. The number of hydrogen-bond acceptors (Lipinski definition) is 0. The first-order chi connectivity index (χ1) is 62.7. The van der Waals surface area contributed by atoms with E-state index in [1.165, 1.54) is 206 Å². The Morgan fingerprint density at radius 1 is 0.272 bits per heavy atom. The molecule has 0 radical (unpaired) electrons. The van der Waals surface area contributed by atoms with Crippen molar-refractivity contribution in [2.24, 2.45) is 47.1 Å². The molecule has 20 rings (SSSR count). The molecule has 0 amide bonds. The van der Waals surface area contributed by atoms with Gasteiger partial charge in [-0.25, -0.2) is 22.8 Å². The highest BCUT2D eigenvalue weighted by molar-refractivity contribution is 6.14. The van der Waals surface area contributed by atoms with Crippen molar-refractivity contribution in [2.75, 3.05) is 0 Å². The molecule has 0 aliphatic heterocycles. The van der Waals surface area contributed by atoms with E-state index in [0.717, 1.165) is 12.8 Å². The summed E-state index contributed by atoms with van der Waals surface area (Å²) in [6.45, 7) is 38.6. The molecule has 0 unspecified atom stereocenters. The van der Waals surface area contributed by atoms with Crippen molar-refractivity contribution in [3.63, 3.8) is 0 Å². The Bertz CT molecular complexity index is 7440. The van der Waals surface area contributed by atoms with E-state index in [4.69, 9.17) is 0 Å². The summed E-state index contributed by atoms with van der Waals surface area (Å²) < 4.78 is 21.3. The summed E-state index contributed by atoms with van der Waals surface area (Å²) in [5.41, 5.74) is 38.1. The molecule has 0 saturated heterocycles. The van der Waals surface area contributed by atoms with E-state index in [0.29, 0.717) is 35.5 Å². The van der Waals surface area contributed by atoms with Crippen LogP contribution in [0.2, 0.25) is 0 Å². The van der Waals surface area contributed by atoms with Gasteiger partial charge in [0.15, 0.2) is 39.7 Å². The molecule has 0 fully saturated rings. The van der Waals surface area contributed by atoms with E-state index in [2.05, 4.69) is 516 Å². The van der Waals surface area contributed by atoms with Gasteiger partial charge >= 0.3 is 0 Å². The first-order valence-electron chi connectivity index (χ1n) is 46.9. The van der Waals surface area contributed by atoms with Gasteiger partial charge in [0.25, 0.3) is 22.9 Å². The van der Waals surface area contributed by atoms with E-state index < -0.39 is 0 Å². The zero-order valence-corrected chi connectivity index (χ0v) is 80.6. The zero-order valence-electron chi connectivity index (χ0n) is 80.6. The monoisotopic (exact) mass is 1810 g/mol. The molecule has 0 aliphatic rings. The van der Waals surface area contributed by atoms with Crippen LogP contribution in [0.15, 0.2) is 328 Å². The predicted octanol–water partition coefficient (Wildman–Crippen LogP) is 32.1. The number of para-hydroxylation sites is 8. The van der Waals surface area contributed by atoms with Gasteiger partial charge in [0.1, 0.15) is 41.8 Å². The van der Waals surface area contributed by atoms with E-state index in [1.54, 1.807) is 0 Å². The summed E-state index contributed by atoms with van der Waals surface area (Å²) in [6, 6.07) is 111. The maximum Gasteiger partial charge on any atom is 0.295 e. The van der Waals surface area contributed by atoms with Crippen LogP contribution >= 0.6 is 0 Å². The Kier molecular flexibility index (Phi) is 34.3. The second-order valence-corrected chi connectivity index (χ2v) is 37.9. The number of benzene rings is 13. The molecule has 0 bridgehead atoms. The first-order valence-corrected chi connectivity index (χ1v) is 46.9. The minimum atomic E-state index is 0. The summed E-state index contributed by atoms with van der Waals surface area (Å²) in [4.78, 5) is 0. The van der Waals surface area contributed by atoms with Crippen LogP contribution in [0.5, 0.6) is 0 Å². The number of nitrogens with zero attached hydrogens (tertiary/aromatic N) is 9. The number of aromatic nitrogens is 9. The van der Waals surface area contributed by atoms with Crippen LogP contribution in [-0.4, -0.2) is 17.9 Å². The lowest BCUT2D eigenvalue weighted by Gasteiger charge is -2.18. The van der Waals surface area contributed by atoms with Gasteiger partial charge in [-0.1, -0.05) is 352 Å². The topological polar surface area (TPSA) is 38.1 Å². The van der Waals surface area contributed by atoms with E-state index in [1.807, 2.05) is 6.07 Å². The van der Waals surface area contributed by atoms with Gasteiger partial charge in [-0.15, -0.1) is 0 Å². The Morgan fingerprint density at radius 2 is 0.603 bits per heavy atom. The van der Waals surface area contributed by atoms with Crippen LogP contribution in [0.4, 0.5) is 0 Å². The maximum absolute atomic E-state index is 2.52. The highest BCUT2D eigenvalue weighted by atomic mass is 15.2. The van der Waals surface area contributed by atoms with Gasteiger partial charge < -0.3 is 0 Å². The smallest absolute Gasteiger partial charge is 0.232 e. The number of rotatable bonds is 15. The molecule has 20 aromatic rings. The Hall–Kier alpha value is -13.6. The van der Waals surface area contributed by atoms with Crippen molar-refractivity contribution in [3.8, 4) is 67.9 Å². The third-order valence-electron chi connectivity index (χ3n) is 26.3. The van der Waals surface area contributed by atoms with Crippen LogP contribution in [0.3, 0.4) is 0 Å². The average Bonchev–Trinajstić information content (AvgIpc) is 1.53. The van der Waals surface area contributed by atoms with Crippen molar-refractivity contribution in [1.82, 2.24) is 17.9 Å². The van der Waals surface area contributed by atoms with Gasteiger partial charge in [-0.05, 0) is 206 Å². The highest BCUT2D eigenvalue weighted by Gasteiger charge is 2.35. The molecule has 0 saturated carbocycles. The van der Waals surface area contributed by atoms with Crippen molar-refractivity contribution in [3.05, 3.63) is 389 Å².